The summed E-state index contributed by atoms with van der Waals surface area (Å²) in [4.78, 5) is 20.8. The molecular weight excluding hydrogens is 144 g/mol. The fourth-order valence-electron chi connectivity index (χ4n) is 0.487. The Labute approximate surface area is 64.3 Å². The Hall–Kier alpha value is -1.64. The minimum Gasteiger partial charge on any atom is -0.475 e. The van der Waals surface area contributed by atoms with Crippen LogP contribution in [0.1, 0.15) is 0 Å². The first kappa shape index (κ1) is 9.36. The van der Waals surface area contributed by atoms with Crippen LogP contribution >= 0.6 is 0 Å². The topological polar surface area (TPSA) is 54.4 Å². The summed E-state index contributed by atoms with van der Waals surface area (Å²) in [5.41, 5.74) is 0.0347. The molecular formula is C8H8O3. The Bertz CT molecular complexity index is 236. The summed E-state index contributed by atoms with van der Waals surface area (Å²) in [5, 5.41) is 8.24. The smallest absolute Gasteiger partial charge is 0.377 e. The van der Waals surface area contributed by atoms with E-state index in [0.717, 1.165) is 0 Å². The number of carbonyl (C=O) groups excluding carboxylic acids is 1. The van der Waals surface area contributed by atoms with Gasteiger partial charge < -0.3 is 5.11 Å². The van der Waals surface area contributed by atoms with E-state index in [9.17, 15) is 9.59 Å². The van der Waals surface area contributed by atoms with Crippen molar-refractivity contribution in [2.75, 3.05) is 0 Å². The maximum absolute atomic E-state index is 10.7. The van der Waals surface area contributed by atoms with Gasteiger partial charge in [0.25, 0.3) is 5.78 Å². The Morgan fingerprint density at radius 1 is 1.27 bits per heavy atom. The SMILES string of the molecule is C=C/C=C(\C=C)C(=O)C(=O)O. The third kappa shape index (κ3) is 2.62. The van der Waals surface area contributed by atoms with Crippen molar-refractivity contribution in [1.29, 1.82) is 0 Å². The molecule has 3 nitrogen and oxygen atoms in total. The number of rotatable bonds is 4. The first-order chi connectivity index (χ1) is 5.13. The van der Waals surface area contributed by atoms with Gasteiger partial charge in [0, 0.05) is 5.57 Å². The van der Waals surface area contributed by atoms with Crippen molar-refractivity contribution >= 4 is 11.8 Å². The van der Waals surface area contributed by atoms with E-state index in [2.05, 4.69) is 13.2 Å². The maximum Gasteiger partial charge on any atom is 0.377 e. The second-order valence-corrected chi connectivity index (χ2v) is 1.70. The molecule has 0 aromatic rings. The van der Waals surface area contributed by atoms with Gasteiger partial charge in [-0.25, -0.2) is 4.79 Å². The van der Waals surface area contributed by atoms with Gasteiger partial charge in [0.15, 0.2) is 0 Å². The van der Waals surface area contributed by atoms with E-state index in [4.69, 9.17) is 5.11 Å². The van der Waals surface area contributed by atoms with Crippen molar-refractivity contribution in [2.24, 2.45) is 0 Å². The summed E-state index contributed by atoms with van der Waals surface area (Å²) in [7, 11) is 0. The number of carbonyl (C=O) groups is 2. The highest BCUT2D eigenvalue weighted by atomic mass is 16.4. The zero-order chi connectivity index (χ0) is 8.85. The zero-order valence-corrected chi connectivity index (χ0v) is 5.91. The molecule has 0 rings (SSSR count). The second kappa shape index (κ2) is 4.22. The highest BCUT2D eigenvalue weighted by Crippen LogP contribution is 1.97. The van der Waals surface area contributed by atoms with Gasteiger partial charge in [-0.3, -0.25) is 4.79 Å². The van der Waals surface area contributed by atoms with Crippen LogP contribution in [-0.2, 0) is 9.59 Å². The fourth-order valence-corrected chi connectivity index (χ4v) is 0.487. The molecule has 0 aromatic heterocycles. The van der Waals surface area contributed by atoms with E-state index in [-0.39, 0.29) is 5.57 Å². The van der Waals surface area contributed by atoms with Crippen LogP contribution in [0, 0.1) is 0 Å². The molecule has 0 aliphatic heterocycles. The lowest BCUT2D eigenvalue weighted by Crippen LogP contribution is -2.13. The minimum absolute atomic E-state index is 0.0347. The monoisotopic (exact) mass is 152 g/mol. The van der Waals surface area contributed by atoms with Gasteiger partial charge in [-0.2, -0.15) is 0 Å². The first-order valence-corrected chi connectivity index (χ1v) is 2.86. The van der Waals surface area contributed by atoms with Crippen LogP contribution in [0.3, 0.4) is 0 Å². The van der Waals surface area contributed by atoms with Crippen molar-refractivity contribution in [3.05, 3.63) is 37.0 Å². The minimum atomic E-state index is -1.49. The van der Waals surface area contributed by atoms with Crippen molar-refractivity contribution in [2.45, 2.75) is 0 Å². The van der Waals surface area contributed by atoms with Gasteiger partial charge in [-0.05, 0) is 0 Å². The predicted molar refractivity (Wildman–Crippen MR) is 41.1 cm³/mol. The largest absolute Gasteiger partial charge is 0.475 e. The molecule has 58 valence electrons. The summed E-state index contributed by atoms with van der Waals surface area (Å²) in [6.45, 7) is 6.60. The van der Waals surface area contributed by atoms with Crippen LogP contribution in [0.5, 0.6) is 0 Å². The summed E-state index contributed by atoms with van der Waals surface area (Å²) >= 11 is 0. The van der Waals surface area contributed by atoms with Gasteiger partial charge in [0.2, 0.25) is 0 Å². The summed E-state index contributed by atoms with van der Waals surface area (Å²) < 4.78 is 0. The lowest BCUT2D eigenvalue weighted by atomic mass is 10.1. The number of allylic oxidation sites excluding steroid dienone is 3. The third-order valence-electron chi connectivity index (χ3n) is 0.974. The number of hydrogen-bond donors (Lipinski definition) is 1. The summed E-state index contributed by atoms with van der Waals surface area (Å²) in [6.07, 6.45) is 3.80. The number of hydrogen-bond acceptors (Lipinski definition) is 2. The molecule has 0 radical (unpaired) electrons. The lowest BCUT2D eigenvalue weighted by Gasteiger charge is -1.91. The molecule has 0 atom stereocenters. The normalized spacial score (nSPS) is 10.4. The summed E-state index contributed by atoms with van der Waals surface area (Å²) in [5.74, 6) is -2.46. The fraction of sp³-hybridized carbons (Fsp3) is 0. The van der Waals surface area contributed by atoms with Crippen LogP contribution < -0.4 is 0 Å². The molecule has 0 amide bonds. The van der Waals surface area contributed by atoms with Gasteiger partial charge in [-0.15, -0.1) is 0 Å². The highest BCUT2D eigenvalue weighted by Gasteiger charge is 2.13. The van der Waals surface area contributed by atoms with Crippen LogP contribution in [0.15, 0.2) is 37.0 Å². The van der Waals surface area contributed by atoms with Crippen LogP contribution in [-0.4, -0.2) is 16.9 Å². The Morgan fingerprint density at radius 2 is 1.82 bits per heavy atom. The van der Waals surface area contributed by atoms with Crippen molar-refractivity contribution in [1.82, 2.24) is 0 Å². The quantitative estimate of drug-likeness (QED) is 0.370. The van der Waals surface area contributed by atoms with E-state index in [1.54, 1.807) is 0 Å². The molecule has 0 aliphatic rings. The average Bonchev–Trinajstić information content (AvgIpc) is 1.98. The van der Waals surface area contributed by atoms with E-state index < -0.39 is 11.8 Å². The number of carboxylic acid groups (broad SMARTS) is 1. The van der Waals surface area contributed by atoms with Crippen LogP contribution in [0.2, 0.25) is 0 Å². The van der Waals surface area contributed by atoms with Gasteiger partial charge in [0.1, 0.15) is 0 Å². The molecule has 0 aliphatic carbocycles. The maximum atomic E-state index is 10.7. The van der Waals surface area contributed by atoms with E-state index in [1.807, 2.05) is 0 Å². The second-order valence-electron chi connectivity index (χ2n) is 1.70. The number of aliphatic carboxylic acids is 1. The van der Waals surface area contributed by atoms with E-state index in [0.29, 0.717) is 0 Å². The first-order valence-electron chi connectivity index (χ1n) is 2.86. The molecule has 0 saturated carbocycles. The van der Waals surface area contributed by atoms with Crippen molar-refractivity contribution in [3.8, 4) is 0 Å². The number of ketones is 1. The third-order valence-corrected chi connectivity index (χ3v) is 0.974. The van der Waals surface area contributed by atoms with E-state index >= 15 is 0 Å². The molecule has 0 unspecified atom stereocenters. The molecule has 0 bridgehead atoms. The number of Topliss-reactive ketones (excluding diaryl/α,β-unsaturated/α-hetero) is 1. The van der Waals surface area contributed by atoms with Crippen molar-refractivity contribution in [3.63, 3.8) is 0 Å². The Kier molecular flexibility index (Phi) is 3.59. The molecule has 0 saturated heterocycles. The molecule has 3 heteroatoms. The van der Waals surface area contributed by atoms with Crippen molar-refractivity contribution < 1.29 is 14.7 Å². The van der Waals surface area contributed by atoms with Gasteiger partial charge in [-0.1, -0.05) is 31.4 Å². The van der Waals surface area contributed by atoms with Crippen LogP contribution in [0.4, 0.5) is 0 Å². The lowest BCUT2D eigenvalue weighted by molar-refractivity contribution is -0.147. The molecule has 0 heterocycles. The Morgan fingerprint density at radius 3 is 2.09 bits per heavy atom. The zero-order valence-electron chi connectivity index (χ0n) is 5.91. The predicted octanol–water partition coefficient (Wildman–Crippen LogP) is 0.938. The van der Waals surface area contributed by atoms with E-state index in [1.165, 1.54) is 18.2 Å². The number of carboxylic acids is 1. The molecule has 0 fully saturated rings. The van der Waals surface area contributed by atoms with Gasteiger partial charge >= 0.3 is 5.97 Å². The average molecular weight is 152 g/mol. The molecule has 0 aromatic carbocycles. The van der Waals surface area contributed by atoms with Crippen LogP contribution in [0.25, 0.3) is 0 Å². The van der Waals surface area contributed by atoms with Gasteiger partial charge in [0.05, 0.1) is 0 Å². The molecule has 0 spiro atoms. The molecule has 11 heavy (non-hydrogen) atoms. The Balaban J connectivity index is 4.65. The molecule has 1 N–H and O–H groups in total. The standard InChI is InChI=1S/C8H8O3/c1-3-5-6(4-2)7(9)8(10)11/h3-5H,1-2H2,(H,10,11)/b6-5+. The highest BCUT2D eigenvalue weighted by molar-refractivity contribution is 6.40. The summed E-state index contributed by atoms with van der Waals surface area (Å²) in [6, 6.07) is 0.